The number of carbonyl (C=O) groups is 1. The van der Waals surface area contributed by atoms with E-state index in [1.54, 1.807) is 25.3 Å². The predicted octanol–water partition coefficient (Wildman–Crippen LogP) is 3.20. The number of hydrogen-bond acceptors (Lipinski definition) is 4. The molecule has 1 aromatic heterocycles. The number of nitro benzene ring substituents is 1. The monoisotopic (exact) mass is 291 g/mol. The molecule has 0 fully saturated rings. The molecular formula is C13H10ClN3O3. The van der Waals surface area contributed by atoms with E-state index < -0.39 is 10.8 Å². The van der Waals surface area contributed by atoms with Gasteiger partial charge in [0.15, 0.2) is 0 Å². The molecule has 0 radical (unpaired) electrons. The van der Waals surface area contributed by atoms with Crippen molar-refractivity contribution < 1.29 is 9.72 Å². The van der Waals surface area contributed by atoms with E-state index >= 15 is 0 Å². The predicted molar refractivity (Wildman–Crippen MR) is 75.0 cm³/mol. The van der Waals surface area contributed by atoms with Crippen LogP contribution in [0.25, 0.3) is 0 Å². The van der Waals surface area contributed by atoms with Gasteiger partial charge in [-0.15, -0.1) is 0 Å². The molecular weight excluding hydrogens is 282 g/mol. The van der Waals surface area contributed by atoms with E-state index in [9.17, 15) is 14.9 Å². The fraction of sp³-hybridized carbons (Fsp3) is 0.0769. The van der Waals surface area contributed by atoms with E-state index in [0.29, 0.717) is 11.4 Å². The molecule has 20 heavy (non-hydrogen) atoms. The van der Waals surface area contributed by atoms with Gasteiger partial charge >= 0.3 is 0 Å². The number of anilines is 1. The normalized spacial score (nSPS) is 10.1. The molecule has 0 unspecified atom stereocenters. The lowest BCUT2D eigenvalue weighted by atomic mass is 10.2. The van der Waals surface area contributed by atoms with Gasteiger partial charge in [-0.25, -0.2) is 0 Å². The number of nitrogens with zero attached hydrogens (tertiary/aromatic N) is 2. The lowest BCUT2D eigenvalue weighted by Crippen LogP contribution is -2.14. The van der Waals surface area contributed by atoms with Crippen molar-refractivity contribution in [2.45, 2.75) is 6.92 Å². The number of hydrogen-bond donors (Lipinski definition) is 1. The number of nitrogens with one attached hydrogen (secondary N) is 1. The average Bonchev–Trinajstić information content (AvgIpc) is 2.41. The molecule has 1 heterocycles. The second-order valence-electron chi connectivity index (χ2n) is 4.01. The van der Waals surface area contributed by atoms with Crippen LogP contribution in [0.1, 0.15) is 16.1 Å². The zero-order chi connectivity index (χ0) is 14.7. The molecule has 0 aliphatic rings. The second-order valence-corrected chi connectivity index (χ2v) is 4.42. The Bertz CT molecular complexity index is 688. The topological polar surface area (TPSA) is 85.1 Å². The number of rotatable bonds is 3. The van der Waals surface area contributed by atoms with Crippen LogP contribution >= 0.6 is 11.6 Å². The molecule has 0 aliphatic heterocycles. The summed E-state index contributed by atoms with van der Waals surface area (Å²) >= 11 is 5.90. The number of halogens is 1. The molecule has 0 atom stereocenters. The number of aromatic nitrogens is 1. The van der Waals surface area contributed by atoms with Crippen LogP contribution in [-0.4, -0.2) is 15.8 Å². The van der Waals surface area contributed by atoms with Crippen molar-refractivity contribution in [3.05, 3.63) is 62.9 Å². The molecule has 0 saturated carbocycles. The molecule has 1 amide bonds. The van der Waals surface area contributed by atoms with Crippen LogP contribution in [0.5, 0.6) is 0 Å². The summed E-state index contributed by atoms with van der Waals surface area (Å²) in [5, 5.41) is 13.5. The molecule has 0 aliphatic carbocycles. The van der Waals surface area contributed by atoms with Crippen molar-refractivity contribution in [3.63, 3.8) is 0 Å². The minimum absolute atomic E-state index is 0.0455. The molecule has 0 spiro atoms. The Kier molecular flexibility index (Phi) is 3.95. The highest BCUT2D eigenvalue weighted by atomic mass is 35.5. The van der Waals surface area contributed by atoms with Gasteiger partial charge in [0.2, 0.25) is 0 Å². The van der Waals surface area contributed by atoms with E-state index in [2.05, 4.69) is 10.3 Å². The minimum atomic E-state index is -0.581. The third-order valence-electron chi connectivity index (χ3n) is 2.66. The Balaban J connectivity index is 2.32. The Morgan fingerprint density at radius 1 is 1.40 bits per heavy atom. The van der Waals surface area contributed by atoms with Crippen molar-refractivity contribution in [2.75, 3.05) is 5.32 Å². The number of nitro groups is 1. The molecule has 1 N–H and O–H groups in total. The summed E-state index contributed by atoms with van der Waals surface area (Å²) in [5.74, 6) is -0.519. The molecule has 0 saturated heterocycles. The van der Waals surface area contributed by atoms with Crippen molar-refractivity contribution in [1.82, 2.24) is 4.98 Å². The first-order valence-corrected chi connectivity index (χ1v) is 6.04. The highest BCUT2D eigenvalue weighted by molar-refractivity contribution is 6.34. The molecule has 2 rings (SSSR count). The van der Waals surface area contributed by atoms with Crippen LogP contribution in [0.15, 0.2) is 36.5 Å². The van der Waals surface area contributed by atoms with E-state index in [0.717, 1.165) is 6.07 Å². The standard InChI is InChI=1S/C13H10ClN3O3/c1-8-12(3-2-6-15-8)16-13(18)10-7-9(17(19)20)4-5-11(10)14/h2-7H,1H3,(H,16,18). The highest BCUT2D eigenvalue weighted by Crippen LogP contribution is 2.23. The van der Waals surface area contributed by atoms with Crippen LogP contribution in [0.4, 0.5) is 11.4 Å². The number of non-ortho nitro benzene ring substituents is 1. The Morgan fingerprint density at radius 2 is 2.15 bits per heavy atom. The molecule has 102 valence electrons. The zero-order valence-electron chi connectivity index (χ0n) is 10.5. The van der Waals surface area contributed by atoms with Gasteiger partial charge in [-0.1, -0.05) is 11.6 Å². The maximum Gasteiger partial charge on any atom is 0.270 e. The Morgan fingerprint density at radius 3 is 2.80 bits per heavy atom. The molecule has 7 heteroatoms. The average molecular weight is 292 g/mol. The molecule has 2 aromatic rings. The summed E-state index contributed by atoms with van der Waals surface area (Å²) in [6.45, 7) is 1.74. The summed E-state index contributed by atoms with van der Waals surface area (Å²) in [6.07, 6.45) is 1.60. The summed E-state index contributed by atoms with van der Waals surface area (Å²) in [4.78, 5) is 26.3. The summed E-state index contributed by atoms with van der Waals surface area (Å²) < 4.78 is 0. The number of benzene rings is 1. The molecule has 0 bridgehead atoms. The zero-order valence-corrected chi connectivity index (χ0v) is 11.2. The fourth-order valence-corrected chi connectivity index (χ4v) is 1.81. The van der Waals surface area contributed by atoms with Crippen LogP contribution in [-0.2, 0) is 0 Å². The Hall–Kier alpha value is -2.47. The van der Waals surface area contributed by atoms with E-state index in [1.807, 2.05) is 0 Å². The van der Waals surface area contributed by atoms with E-state index in [-0.39, 0.29) is 16.3 Å². The van der Waals surface area contributed by atoms with Crippen LogP contribution in [0.2, 0.25) is 5.02 Å². The summed E-state index contributed by atoms with van der Waals surface area (Å²) in [6, 6.07) is 7.08. The van der Waals surface area contributed by atoms with Gasteiger partial charge in [0.25, 0.3) is 11.6 Å². The number of aryl methyl sites for hydroxylation is 1. The van der Waals surface area contributed by atoms with Gasteiger partial charge in [0.1, 0.15) is 0 Å². The lowest BCUT2D eigenvalue weighted by molar-refractivity contribution is -0.384. The number of amides is 1. The van der Waals surface area contributed by atoms with Gasteiger partial charge in [0.05, 0.1) is 26.9 Å². The first kappa shape index (κ1) is 14.0. The summed E-state index contributed by atoms with van der Waals surface area (Å²) in [7, 11) is 0. The maximum atomic E-state index is 12.1. The van der Waals surface area contributed by atoms with Gasteiger partial charge in [0, 0.05) is 18.3 Å². The largest absolute Gasteiger partial charge is 0.320 e. The van der Waals surface area contributed by atoms with Crippen molar-refractivity contribution in [2.24, 2.45) is 0 Å². The first-order valence-electron chi connectivity index (χ1n) is 5.66. The molecule has 1 aromatic carbocycles. The Labute approximate surface area is 119 Å². The third kappa shape index (κ3) is 2.92. The molecule has 6 nitrogen and oxygen atoms in total. The van der Waals surface area contributed by atoms with Gasteiger partial charge in [-0.3, -0.25) is 19.9 Å². The van der Waals surface area contributed by atoms with Crippen LogP contribution in [0.3, 0.4) is 0 Å². The summed E-state index contributed by atoms with van der Waals surface area (Å²) in [5.41, 5.74) is 1.02. The maximum absolute atomic E-state index is 12.1. The lowest BCUT2D eigenvalue weighted by Gasteiger charge is -2.08. The van der Waals surface area contributed by atoms with Crippen LogP contribution in [0, 0.1) is 17.0 Å². The number of carbonyl (C=O) groups excluding carboxylic acids is 1. The van der Waals surface area contributed by atoms with Crippen molar-refractivity contribution >= 4 is 28.9 Å². The third-order valence-corrected chi connectivity index (χ3v) is 2.99. The smallest absolute Gasteiger partial charge is 0.270 e. The fourth-order valence-electron chi connectivity index (χ4n) is 1.61. The SMILES string of the molecule is Cc1ncccc1NC(=O)c1cc([N+](=O)[O-])ccc1Cl. The van der Waals surface area contributed by atoms with E-state index in [4.69, 9.17) is 11.6 Å². The van der Waals surface area contributed by atoms with Gasteiger partial charge < -0.3 is 5.32 Å². The van der Waals surface area contributed by atoms with E-state index in [1.165, 1.54) is 12.1 Å². The number of pyridine rings is 1. The van der Waals surface area contributed by atoms with Gasteiger partial charge in [-0.05, 0) is 25.1 Å². The second kappa shape index (κ2) is 5.66. The van der Waals surface area contributed by atoms with Gasteiger partial charge in [-0.2, -0.15) is 0 Å². The van der Waals surface area contributed by atoms with Crippen LogP contribution < -0.4 is 5.32 Å². The van der Waals surface area contributed by atoms with Crippen molar-refractivity contribution in [1.29, 1.82) is 0 Å². The van der Waals surface area contributed by atoms with Crippen molar-refractivity contribution in [3.8, 4) is 0 Å². The first-order chi connectivity index (χ1) is 9.49. The highest BCUT2D eigenvalue weighted by Gasteiger charge is 2.16. The minimum Gasteiger partial charge on any atom is -0.320 e. The quantitative estimate of drug-likeness (QED) is 0.695.